The van der Waals surface area contributed by atoms with E-state index in [4.69, 9.17) is 0 Å². The van der Waals surface area contributed by atoms with Crippen LogP contribution < -0.4 is 5.32 Å². The van der Waals surface area contributed by atoms with E-state index in [0.29, 0.717) is 48.4 Å². The maximum absolute atomic E-state index is 12.3. The average Bonchev–Trinajstić information content (AvgIpc) is 3.48. The molecular formula is C19H22N2O3. The lowest BCUT2D eigenvalue weighted by atomic mass is 10.1. The third-order valence-corrected chi connectivity index (χ3v) is 5.25. The fraction of sp³-hybridized carbons (Fsp3) is 0.526. The molecule has 2 aliphatic carbocycles. The van der Waals surface area contributed by atoms with E-state index < -0.39 is 0 Å². The van der Waals surface area contributed by atoms with Gasteiger partial charge < -0.3 is 5.32 Å². The Labute approximate surface area is 141 Å². The van der Waals surface area contributed by atoms with Crippen LogP contribution in [0.25, 0.3) is 0 Å². The van der Waals surface area contributed by atoms with Crippen LogP contribution in [0.1, 0.15) is 59.2 Å². The molecule has 0 radical (unpaired) electrons. The zero-order valence-electron chi connectivity index (χ0n) is 13.7. The molecule has 126 valence electrons. The number of nitrogens with zero attached hydrogens (tertiary/aromatic N) is 1. The number of fused-ring (bicyclic) bond motifs is 1. The smallest absolute Gasteiger partial charge is 0.261 e. The van der Waals surface area contributed by atoms with Crippen molar-refractivity contribution in [2.45, 2.75) is 44.6 Å². The molecule has 1 aromatic rings. The summed E-state index contributed by atoms with van der Waals surface area (Å²) in [4.78, 5) is 38.0. The predicted molar refractivity (Wildman–Crippen MR) is 88.4 cm³/mol. The first-order valence-electron chi connectivity index (χ1n) is 8.90. The zero-order chi connectivity index (χ0) is 16.7. The minimum absolute atomic E-state index is 0.0513. The summed E-state index contributed by atoms with van der Waals surface area (Å²) in [5.74, 6) is 0.917. The van der Waals surface area contributed by atoms with Crippen molar-refractivity contribution in [3.05, 3.63) is 35.4 Å². The molecule has 0 aromatic heterocycles. The number of benzene rings is 1. The highest BCUT2D eigenvalue weighted by atomic mass is 16.2. The molecule has 0 unspecified atom stereocenters. The highest BCUT2D eigenvalue weighted by Gasteiger charge is 2.42. The van der Waals surface area contributed by atoms with Crippen molar-refractivity contribution in [3.8, 4) is 0 Å². The Morgan fingerprint density at radius 1 is 1.04 bits per heavy atom. The molecule has 1 heterocycles. The number of nitrogens with one attached hydrogen (secondary N) is 1. The van der Waals surface area contributed by atoms with Gasteiger partial charge in [0.1, 0.15) is 0 Å². The third-order valence-electron chi connectivity index (χ3n) is 5.25. The summed E-state index contributed by atoms with van der Waals surface area (Å²) in [5, 5.41) is 3.18. The van der Waals surface area contributed by atoms with Crippen molar-refractivity contribution in [1.82, 2.24) is 10.2 Å². The second-order valence-corrected chi connectivity index (χ2v) is 7.18. The monoisotopic (exact) mass is 326 g/mol. The quantitative estimate of drug-likeness (QED) is 0.782. The lowest BCUT2D eigenvalue weighted by Gasteiger charge is -2.18. The summed E-state index contributed by atoms with van der Waals surface area (Å²) >= 11 is 0. The van der Waals surface area contributed by atoms with Crippen molar-refractivity contribution in [2.75, 3.05) is 6.54 Å². The average molecular weight is 326 g/mol. The van der Waals surface area contributed by atoms with Gasteiger partial charge in [0.15, 0.2) is 0 Å². The molecule has 2 fully saturated rings. The molecule has 3 aliphatic rings. The van der Waals surface area contributed by atoms with Gasteiger partial charge in [0.25, 0.3) is 11.8 Å². The van der Waals surface area contributed by atoms with Crippen molar-refractivity contribution in [2.24, 2.45) is 11.8 Å². The van der Waals surface area contributed by atoms with Crippen LogP contribution in [0.5, 0.6) is 0 Å². The number of carbonyl (C=O) groups is 3. The maximum Gasteiger partial charge on any atom is 0.261 e. The second-order valence-electron chi connectivity index (χ2n) is 7.18. The van der Waals surface area contributed by atoms with E-state index in [2.05, 4.69) is 5.32 Å². The van der Waals surface area contributed by atoms with Gasteiger partial charge in [0.05, 0.1) is 11.1 Å². The van der Waals surface area contributed by atoms with Gasteiger partial charge in [-0.1, -0.05) is 12.1 Å². The van der Waals surface area contributed by atoms with Crippen LogP contribution in [0.15, 0.2) is 24.3 Å². The third kappa shape index (κ3) is 2.95. The summed E-state index contributed by atoms with van der Waals surface area (Å²) in [6, 6.07) is 7.24. The summed E-state index contributed by atoms with van der Waals surface area (Å²) in [6.07, 6.45) is 5.81. The van der Waals surface area contributed by atoms with Crippen LogP contribution in [0, 0.1) is 11.8 Å². The van der Waals surface area contributed by atoms with E-state index in [9.17, 15) is 14.4 Å². The van der Waals surface area contributed by atoms with Gasteiger partial charge in [-0.25, -0.2) is 0 Å². The van der Waals surface area contributed by atoms with Gasteiger partial charge in [-0.05, 0) is 56.1 Å². The van der Waals surface area contributed by atoms with Gasteiger partial charge >= 0.3 is 0 Å². The predicted octanol–water partition coefficient (Wildman–Crippen LogP) is 2.37. The van der Waals surface area contributed by atoms with Crippen LogP contribution in [0.2, 0.25) is 0 Å². The molecular weight excluding hydrogens is 304 g/mol. The summed E-state index contributed by atoms with van der Waals surface area (Å²) in [6.45, 7) is 0.303. The molecule has 0 bridgehead atoms. The summed E-state index contributed by atoms with van der Waals surface area (Å²) in [7, 11) is 0. The molecule has 0 spiro atoms. The Kier molecular flexibility index (Phi) is 3.87. The summed E-state index contributed by atoms with van der Waals surface area (Å²) in [5.41, 5.74) is 0.934. The Morgan fingerprint density at radius 2 is 1.58 bits per heavy atom. The van der Waals surface area contributed by atoms with E-state index in [-0.39, 0.29) is 17.7 Å². The lowest BCUT2D eigenvalue weighted by molar-refractivity contribution is -0.122. The zero-order valence-corrected chi connectivity index (χ0v) is 13.7. The van der Waals surface area contributed by atoms with E-state index in [1.54, 1.807) is 24.3 Å². The molecule has 24 heavy (non-hydrogen) atoms. The SMILES string of the molecule is O=C(CCCN1C(=O)c2ccccc2C1=O)NC(C1CC1)C1CC1. The first kappa shape index (κ1) is 15.4. The standard InChI is InChI=1S/C19H22N2O3/c22-16(20-17(12-7-8-12)13-9-10-13)6-3-11-21-18(23)14-4-1-2-5-15(14)19(21)24/h1-2,4-5,12-13,17H,3,6-11H2,(H,20,22). The largest absolute Gasteiger partial charge is 0.353 e. The molecule has 3 amide bonds. The van der Waals surface area contributed by atoms with Gasteiger partial charge in [0, 0.05) is 19.0 Å². The van der Waals surface area contributed by atoms with Gasteiger partial charge in [-0.3, -0.25) is 19.3 Å². The Balaban J connectivity index is 1.28. The van der Waals surface area contributed by atoms with Crippen LogP contribution in [0.4, 0.5) is 0 Å². The molecule has 4 rings (SSSR count). The molecule has 0 saturated heterocycles. The van der Waals surface area contributed by atoms with Gasteiger partial charge in [-0.15, -0.1) is 0 Å². The lowest BCUT2D eigenvalue weighted by Crippen LogP contribution is -2.38. The van der Waals surface area contributed by atoms with Crippen LogP contribution in [-0.4, -0.2) is 35.2 Å². The Hall–Kier alpha value is -2.17. The summed E-state index contributed by atoms with van der Waals surface area (Å²) < 4.78 is 0. The van der Waals surface area contributed by atoms with E-state index in [1.807, 2.05) is 0 Å². The van der Waals surface area contributed by atoms with Crippen molar-refractivity contribution < 1.29 is 14.4 Å². The van der Waals surface area contributed by atoms with Gasteiger partial charge in [-0.2, -0.15) is 0 Å². The minimum Gasteiger partial charge on any atom is -0.353 e. The maximum atomic E-state index is 12.3. The molecule has 1 aromatic carbocycles. The highest BCUT2D eigenvalue weighted by Crippen LogP contribution is 2.44. The molecule has 5 heteroatoms. The number of imide groups is 1. The molecule has 1 aliphatic heterocycles. The first-order chi connectivity index (χ1) is 11.6. The molecule has 1 N–H and O–H groups in total. The topological polar surface area (TPSA) is 66.5 Å². The number of carbonyl (C=O) groups excluding carboxylic acids is 3. The molecule has 0 atom stereocenters. The Morgan fingerprint density at radius 3 is 2.08 bits per heavy atom. The molecule has 2 saturated carbocycles. The minimum atomic E-state index is -0.246. The number of hydrogen-bond acceptors (Lipinski definition) is 3. The fourth-order valence-corrected chi connectivity index (χ4v) is 3.63. The normalized spacial score (nSPS) is 19.8. The van der Waals surface area contributed by atoms with Crippen molar-refractivity contribution in [3.63, 3.8) is 0 Å². The Bertz CT molecular complexity index is 645. The number of hydrogen-bond donors (Lipinski definition) is 1. The van der Waals surface area contributed by atoms with Crippen molar-refractivity contribution in [1.29, 1.82) is 0 Å². The number of amides is 3. The fourth-order valence-electron chi connectivity index (χ4n) is 3.63. The van der Waals surface area contributed by atoms with E-state index in [1.165, 1.54) is 30.6 Å². The second kappa shape index (κ2) is 6.04. The van der Waals surface area contributed by atoms with E-state index in [0.717, 1.165) is 0 Å². The molecule has 5 nitrogen and oxygen atoms in total. The van der Waals surface area contributed by atoms with Crippen LogP contribution >= 0.6 is 0 Å². The van der Waals surface area contributed by atoms with Gasteiger partial charge in [0.2, 0.25) is 5.91 Å². The van der Waals surface area contributed by atoms with Crippen molar-refractivity contribution >= 4 is 17.7 Å². The van der Waals surface area contributed by atoms with Crippen LogP contribution in [-0.2, 0) is 4.79 Å². The number of rotatable bonds is 7. The highest BCUT2D eigenvalue weighted by molar-refractivity contribution is 6.21. The van der Waals surface area contributed by atoms with Crippen LogP contribution in [0.3, 0.4) is 0 Å². The first-order valence-corrected chi connectivity index (χ1v) is 8.90. The van der Waals surface area contributed by atoms with E-state index >= 15 is 0 Å².